The van der Waals surface area contributed by atoms with E-state index in [1.54, 1.807) is 0 Å². The lowest BCUT2D eigenvalue weighted by molar-refractivity contribution is 0.246. The highest BCUT2D eigenvalue weighted by molar-refractivity contribution is 4.94. The van der Waals surface area contributed by atoms with Crippen LogP contribution < -0.4 is 0 Å². The summed E-state index contributed by atoms with van der Waals surface area (Å²) in [6.45, 7) is 7.20. The summed E-state index contributed by atoms with van der Waals surface area (Å²) in [4.78, 5) is 0. The van der Waals surface area contributed by atoms with Gasteiger partial charge in [-0.25, -0.2) is 0 Å². The van der Waals surface area contributed by atoms with Crippen LogP contribution in [0.1, 0.15) is 117 Å². The summed E-state index contributed by atoms with van der Waals surface area (Å²) in [5.74, 6) is 0.932. The lowest BCUT2D eigenvalue weighted by Gasteiger charge is -2.35. The molecular formula is C21H41. The van der Waals surface area contributed by atoms with Crippen molar-refractivity contribution in [3.05, 3.63) is 6.42 Å². The molecule has 0 aromatic heterocycles. The predicted octanol–water partition coefficient (Wildman–Crippen LogP) is 7.72. The zero-order chi connectivity index (χ0) is 15.4. The van der Waals surface area contributed by atoms with E-state index in [-0.39, 0.29) is 0 Å². The molecule has 0 atom stereocenters. The van der Waals surface area contributed by atoms with Crippen LogP contribution >= 0.6 is 0 Å². The van der Waals surface area contributed by atoms with E-state index in [0.717, 1.165) is 5.92 Å². The molecule has 0 heterocycles. The van der Waals surface area contributed by atoms with E-state index in [2.05, 4.69) is 27.2 Å². The number of hydrogen-bond donors (Lipinski definition) is 0. The lowest BCUT2D eigenvalue weighted by Crippen LogP contribution is -2.23. The number of hydrogen-bond acceptors (Lipinski definition) is 0. The first kappa shape index (κ1) is 19.0. The molecule has 1 fully saturated rings. The molecule has 125 valence electrons. The number of unbranched alkanes of at least 4 members (excludes halogenated alkanes) is 6. The summed E-state index contributed by atoms with van der Waals surface area (Å²) in [5.41, 5.74) is 0.531. The minimum absolute atomic E-state index is 0.531. The van der Waals surface area contributed by atoms with Gasteiger partial charge in [-0.05, 0) is 30.6 Å². The quantitative estimate of drug-likeness (QED) is 0.323. The summed E-state index contributed by atoms with van der Waals surface area (Å²) in [7, 11) is 0. The molecule has 0 aliphatic heterocycles. The van der Waals surface area contributed by atoms with Gasteiger partial charge in [0.05, 0.1) is 0 Å². The van der Waals surface area contributed by atoms with Gasteiger partial charge in [-0.15, -0.1) is 0 Å². The Labute approximate surface area is 135 Å². The largest absolute Gasteiger partial charge is 0.0654 e. The first-order chi connectivity index (χ1) is 10.2. The van der Waals surface area contributed by atoms with Crippen LogP contribution in [-0.4, -0.2) is 0 Å². The van der Waals surface area contributed by atoms with Gasteiger partial charge in [0.15, 0.2) is 0 Å². The molecule has 21 heavy (non-hydrogen) atoms. The first-order valence-electron chi connectivity index (χ1n) is 10.1. The zero-order valence-electron chi connectivity index (χ0n) is 15.3. The standard InChI is InChI=1S/C21H41/c1-4-6-8-13-17-21(3,18-14-9-7-5-2)19-20-15-11-10-12-16-20/h19-20H,4-18H2,1-3H3. The van der Waals surface area contributed by atoms with Crippen LogP contribution in [0.2, 0.25) is 0 Å². The molecule has 1 saturated carbocycles. The highest BCUT2D eigenvalue weighted by Crippen LogP contribution is 2.40. The van der Waals surface area contributed by atoms with E-state index >= 15 is 0 Å². The van der Waals surface area contributed by atoms with Crippen molar-refractivity contribution >= 4 is 0 Å². The van der Waals surface area contributed by atoms with Crippen molar-refractivity contribution in [1.82, 2.24) is 0 Å². The molecule has 0 bridgehead atoms. The molecular weight excluding hydrogens is 252 g/mol. The summed E-state index contributed by atoms with van der Waals surface area (Å²) < 4.78 is 0. The van der Waals surface area contributed by atoms with Crippen molar-refractivity contribution in [2.24, 2.45) is 11.3 Å². The molecule has 0 aromatic rings. The molecule has 0 N–H and O–H groups in total. The van der Waals surface area contributed by atoms with Crippen LogP contribution in [0, 0.1) is 17.8 Å². The highest BCUT2D eigenvalue weighted by atomic mass is 14.3. The average Bonchev–Trinajstić information content (AvgIpc) is 2.49. The highest BCUT2D eigenvalue weighted by Gasteiger charge is 2.28. The molecule has 0 saturated heterocycles. The van der Waals surface area contributed by atoms with Crippen LogP contribution in [0.25, 0.3) is 0 Å². The maximum Gasteiger partial charge on any atom is -0.0292 e. The monoisotopic (exact) mass is 293 g/mol. The van der Waals surface area contributed by atoms with Gasteiger partial charge in [0.1, 0.15) is 0 Å². The predicted molar refractivity (Wildman–Crippen MR) is 96.5 cm³/mol. The Kier molecular flexibility index (Phi) is 10.5. The van der Waals surface area contributed by atoms with Gasteiger partial charge < -0.3 is 0 Å². The molecule has 1 aliphatic carbocycles. The van der Waals surface area contributed by atoms with Crippen molar-refractivity contribution in [2.45, 2.75) is 117 Å². The molecule has 0 spiro atoms. The fourth-order valence-electron chi connectivity index (χ4n) is 4.07. The Morgan fingerprint density at radius 2 is 1.29 bits per heavy atom. The summed E-state index contributed by atoms with van der Waals surface area (Å²) in [6, 6.07) is 0. The lowest BCUT2D eigenvalue weighted by atomic mass is 9.70. The molecule has 1 aliphatic rings. The van der Waals surface area contributed by atoms with Crippen LogP contribution in [-0.2, 0) is 0 Å². The van der Waals surface area contributed by atoms with Crippen molar-refractivity contribution < 1.29 is 0 Å². The van der Waals surface area contributed by atoms with Gasteiger partial charge in [-0.2, -0.15) is 0 Å². The molecule has 0 aromatic carbocycles. The Bertz CT molecular complexity index is 212. The topological polar surface area (TPSA) is 0 Å². The van der Waals surface area contributed by atoms with E-state index in [1.165, 1.54) is 96.3 Å². The second-order valence-corrected chi connectivity index (χ2v) is 7.84. The second-order valence-electron chi connectivity index (χ2n) is 7.84. The van der Waals surface area contributed by atoms with E-state index in [1.807, 2.05) is 0 Å². The van der Waals surface area contributed by atoms with E-state index < -0.39 is 0 Å². The fourth-order valence-corrected chi connectivity index (χ4v) is 4.07. The number of rotatable bonds is 12. The third kappa shape index (κ3) is 8.89. The van der Waals surface area contributed by atoms with Gasteiger partial charge in [-0.3, -0.25) is 0 Å². The van der Waals surface area contributed by atoms with Crippen LogP contribution in [0.5, 0.6) is 0 Å². The smallest absolute Gasteiger partial charge is 0.0292 e. The van der Waals surface area contributed by atoms with Crippen LogP contribution in [0.3, 0.4) is 0 Å². The average molecular weight is 294 g/mol. The zero-order valence-corrected chi connectivity index (χ0v) is 15.3. The maximum absolute atomic E-state index is 2.81. The molecule has 0 nitrogen and oxygen atoms in total. The Morgan fingerprint density at radius 1 is 0.762 bits per heavy atom. The Morgan fingerprint density at radius 3 is 1.76 bits per heavy atom. The molecule has 1 rings (SSSR count). The third-order valence-corrected chi connectivity index (χ3v) is 5.49. The fraction of sp³-hybridized carbons (Fsp3) is 0.952. The SMILES string of the molecule is CCCCCCC(C)([CH]C1CCCCC1)CCCCCC. The van der Waals surface area contributed by atoms with Crippen molar-refractivity contribution in [2.75, 3.05) is 0 Å². The minimum atomic E-state index is 0.531. The van der Waals surface area contributed by atoms with E-state index in [4.69, 9.17) is 0 Å². The van der Waals surface area contributed by atoms with Gasteiger partial charge in [0, 0.05) is 0 Å². The maximum atomic E-state index is 2.81. The van der Waals surface area contributed by atoms with Gasteiger partial charge in [0.25, 0.3) is 0 Å². The van der Waals surface area contributed by atoms with E-state index in [0.29, 0.717) is 5.41 Å². The summed E-state index contributed by atoms with van der Waals surface area (Å²) in [5, 5.41) is 0. The molecule has 1 radical (unpaired) electrons. The van der Waals surface area contributed by atoms with Crippen molar-refractivity contribution in [3.63, 3.8) is 0 Å². The Hall–Kier alpha value is 0. The second kappa shape index (κ2) is 11.6. The van der Waals surface area contributed by atoms with Gasteiger partial charge >= 0.3 is 0 Å². The summed E-state index contributed by atoms with van der Waals surface area (Å²) >= 11 is 0. The van der Waals surface area contributed by atoms with Crippen LogP contribution in [0.4, 0.5) is 0 Å². The normalized spacial score (nSPS) is 17.3. The molecule has 0 amide bonds. The molecule has 0 unspecified atom stereocenters. The third-order valence-electron chi connectivity index (χ3n) is 5.49. The molecule has 0 heteroatoms. The summed E-state index contributed by atoms with van der Waals surface area (Å²) in [6.07, 6.45) is 24.4. The van der Waals surface area contributed by atoms with Crippen molar-refractivity contribution in [3.8, 4) is 0 Å². The van der Waals surface area contributed by atoms with Crippen LogP contribution in [0.15, 0.2) is 0 Å². The van der Waals surface area contributed by atoms with Gasteiger partial charge in [-0.1, -0.05) is 104 Å². The Balaban J connectivity index is 2.37. The van der Waals surface area contributed by atoms with Gasteiger partial charge in [0.2, 0.25) is 0 Å². The van der Waals surface area contributed by atoms with Crippen molar-refractivity contribution in [1.29, 1.82) is 0 Å². The van der Waals surface area contributed by atoms with E-state index in [9.17, 15) is 0 Å². The minimum Gasteiger partial charge on any atom is -0.0654 e. The first-order valence-corrected chi connectivity index (χ1v) is 10.1.